The Morgan fingerprint density at radius 1 is 1.15 bits per heavy atom. The van der Waals surface area contributed by atoms with Crippen LogP contribution in [0.2, 0.25) is 0 Å². The molecule has 3 nitrogen and oxygen atoms in total. The van der Waals surface area contributed by atoms with Crippen LogP contribution in [0.5, 0.6) is 5.75 Å². The van der Waals surface area contributed by atoms with E-state index in [1.807, 2.05) is 0 Å². The predicted molar refractivity (Wildman–Crippen MR) is 82.9 cm³/mol. The SMILES string of the molecule is Brc1cc2cn(C3CC[CH]CC3)nc2cc1OC1CC1. The van der Waals surface area contributed by atoms with E-state index in [2.05, 4.69) is 45.4 Å². The van der Waals surface area contributed by atoms with Gasteiger partial charge in [-0.2, -0.15) is 5.10 Å². The third-order valence-electron chi connectivity index (χ3n) is 4.18. The third-order valence-corrected chi connectivity index (χ3v) is 4.80. The molecule has 2 aliphatic carbocycles. The van der Waals surface area contributed by atoms with E-state index in [4.69, 9.17) is 9.84 Å². The van der Waals surface area contributed by atoms with Gasteiger partial charge in [0.1, 0.15) is 5.75 Å². The smallest absolute Gasteiger partial charge is 0.136 e. The third kappa shape index (κ3) is 2.46. The quantitative estimate of drug-likeness (QED) is 0.816. The molecule has 0 spiro atoms. The summed E-state index contributed by atoms with van der Waals surface area (Å²) < 4.78 is 9.11. The van der Waals surface area contributed by atoms with E-state index >= 15 is 0 Å². The van der Waals surface area contributed by atoms with Gasteiger partial charge in [0.05, 0.1) is 22.1 Å². The molecule has 1 heterocycles. The first-order valence-corrected chi connectivity index (χ1v) is 8.25. The van der Waals surface area contributed by atoms with E-state index in [1.165, 1.54) is 43.9 Å². The van der Waals surface area contributed by atoms with E-state index in [-0.39, 0.29) is 0 Å². The highest BCUT2D eigenvalue weighted by atomic mass is 79.9. The van der Waals surface area contributed by atoms with E-state index in [1.54, 1.807) is 0 Å². The number of aromatic nitrogens is 2. The van der Waals surface area contributed by atoms with Crippen LogP contribution in [0, 0.1) is 6.42 Å². The van der Waals surface area contributed by atoms with Gasteiger partial charge in [0, 0.05) is 17.6 Å². The van der Waals surface area contributed by atoms with Gasteiger partial charge in [0.15, 0.2) is 0 Å². The van der Waals surface area contributed by atoms with Crippen molar-refractivity contribution in [3.63, 3.8) is 0 Å². The van der Waals surface area contributed by atoms with Crippen molar-refractivity contribution < 1.29 is 4.74 Å². The molecule has 0 atom stereocenters. The topological polar surface area (TPSA) is 27.1 Å². The fraction of sp³-hybridized carbons (Fsp3) is 0.500. The van der Waals surface area contributed by atoms with Crippen molar-refractivity contribution in [2.45, 2.75) is 50.7 Å². The summed E-state index contributed by atoms with van der Waals surface area (Å²) in [5.41, 5.74) is 1.04. The number of halogens is 1. The predicted octanol–water partition coefficient (Wildman–Crippen LogP) is 4.66. The van der Waals surface area contributed by atoms with Crippen LogP contribution < -0.4 is 4.74 Å². The average molecular weight is 334 g/mol. The number of benzene rings is 1. The molecule has 105 valence electrons. The Balaban J connectivity index is 1.67. The minimum atomic E-state index is 0.416. The Kier molecular flexibility index (Phi) is 3.21. The fourth-order valence-corrected chi connectivity index (χ4v) is 3.31. The molecule has 20 heavy (non-hydrogen) atoms. The molecule has 0 bridgehead atoms. The Morgan fingerprint density at radius 2 is 1.95 bits per heavy atom. The summed E-state index contributed by atoms with van der Waals surface area (Å²) >= 11 is 3.61. The van der Waals surface area contributed by atoms with Crippen molar-refractivity contribution in [1.82, 2.24) is 9.78 Å². The molecular formula is C16H18BrN2O. The van der Waals surface area contributed by atoms with E-state index in [0.29, 0.717) is 12.1 Å². The Hall–Kier alpha value is -1.03. The van der Waals surface area contributed by atoms with Crippen molar-refractivity contribution in [3.8, 4) is 5.75 Å². The van der Waals surface area contributed by atoms with Gasteiger partial charge in [0.25, 0.3) is 0 Å². The van der Waals surface area contributed by atoms with Gasteiger partial charge in [-0.1, -0.05) is 0 Å². The molecule has 2 aliphatic rings. The summed E-state index contributed by atoms with van der Waals surface area (Å²) in [6, 6.07) is 4.76. The van der Waals surface area contributed by atoms with Crippen LogP contribution in [0.15, 0.2) is 22.8 Å². The number of hydrogen-bond donors (Lipinski definition) is 0. The molecule has 4 rings (SSSR count). The molecule has 4 heteroatoms. The first-order valence-electron chi connectivity index (χ1n) is 7.46. The number of hydrogen-bond acceptors (Lipinski definition) is 2. The Labute approximate surface area is 127 Å². The van der Waals surface area contributed by atoms with Crippen LogP contribution in [0.4, 0.5) is 0 Å². The molecule has 1 aromatic carbocycles. The molecule has 0 amide bonds. The molecule has 0 aliphatic heterocycles. The lowest BCUT2D eigenvalue weighted by molar-refractivity contribution is 0.301. The summed E-state index contributed by atoms with van der Waals surface area (Å²) in [5, 5.41) is 5.96. The van der Waals surface area contributed by atoms with Gasteiger partial charge in [-0.05, 0) is 66.9 Å². The summed E-state index contributed by atoms with van der Waals surface area (Å²) in [7, 11) is 0. The summed E-state index contributed by atoms with van der Waals surface area (Å²) in [5.74, 6) is 0.933. The first kappa shape index (κ1) is 12.7. The van der Waals surface area contributed by atoms with Crippen molar-refractivity contribution in [2.24, 2.45) is 0 Å². The number of nitrogens with zero attached hydrogens (tertiary/aromatic N) is 2. The van der Waals surface area contributed by atoms with Crippen LogP contribution in [-0.4, -0.2) is 15.9 Å². The zero-order valence-corrected chi connectivity index (χ0v) is 13.0. The molecule has 0 N–H and O–H groups in total. The molecule has 2 fully saturated rings. The Morgan fingerprint density at radius 3 is 2.70 bits per heavy atom. The highest BCUT2D eigenvalue weighted by Crippen LogP contribution is 2.36. The zero-order valence-electron chi connectivity index (χ0n) is 11.4. The van der Waals surface area contributed by atoms with Gasteiger partial charge >= 0.3 is 0 Å². The minimum absolute atomic E-state index is 0.416. The molecular weight excluding hydrogens is 316 g/mol. The van der Waals surface area contributed by atoms with Crippen molar-refractivity contribution in [3.05, 3.63) is 29.2 Å². The van der Waals surface area contributed by atoms with Crippen molar-refractivity contribution in [2.75, 3.05) is 0 Å². The molecule has 2 saturated carbocycles. The summed E-state index contributed by atoms with van der Waals surface area (Å²) in [4.78, 5) is 0. The van der Waals surface area contributed by atoms with E-state index in [9.17, 15) is 0 Å². The normalized spacial score (nSPS) is 20.4. The molecule has 1 aromatic heterocycles. The number of fused-ring (bicyclic) bond motifs is 1. The second-order valence-electron chi connectivity index (χ2n) is 5.86. The zero-order chi connectivity index (χ0) is 13.5. The van der Waals surface area contributed by atoms with Crippen LogP contribution in [-0.2, 0) is 0 Å². The van der Waals surface area contributed by atoms with Gasteiger partial charge in [-0.3, -0.25) is 4.68 Å². The molecule has 1 radical (unpaired) electrons. The van der Waals surface area contributed by atoms with Gasteiger partial charge in [-0.15, -0.1) is 0 Å². The van der Waals surface area contributed by atoms with Crippen LogP contribution in [0.25, 0.3) is 10.9 Å². The Bertz CT molecular complexity index is 627. The standard InChI is InChI=1S/C16H18BrN2O/c17-14-8-11-10-19(12-4-2-1-3-5-12)18-15(11)9-16(14)20-13-6-7-13/h1,8-10,12-13H,2-7H2. The highest BCUT2D eigenvalue weighted by molar-refractivity contribution is 9.10. The summed E-state index contributed by atoms with van der Waals surface area (Å²) in [6.45, 7) is 0. The summed E-state index contributed by atoms with van der Waals surface area (Å²) in [6.07, 6.45) is 12.2. The van der Waals surface area contributed by atoms with Crippen LogP contribution in [0.1, 0.15) is 44.6 Å². The lowest BCUT2D eigenvalue weighted by Crippen LogP contribution is -2.13. The van der Waals surface area contributed by atoms with Crippen molar-refractivity contribution >= 4 is 26.8 Å². The second kappa shape index (κ2) is 5.06. The van der Waals surface area contributed by atoms with Gasteiger partial charge in [-0.25, -0.2) is 0 Å². The second-order valence-corrected chi connectivity index (χ2v) is 6.72. The van der Waals surface area contributed by atoms with Crippen LogP contribution >= 0.6 is 15.9 Å². The molecule has 2 aromatic rings. The van der Waals surface area contributed by atoms with Gasteiger partial charge < -0.3 is 4.74 Å². The maximum absolute atomic E-state index is 5.92. The minimum Gasteiger partial charge on any atom is -0.489 e. The fourth-order valence-electron chi connectivity index (χ4n) is 2.86. The van der Waals surface area contributed by atoms with E-state index < -0.39 is 0 Å². The van der Waals surface area contributed by atoms with E-state index in [0.717, 1.165) is 15.7 Å². The lowest BCUT2D eigenvalue weighted by Gasteiger charge is -2.21. The molecule has 0 saturated heterocycles. The first-order chi connectivity index (χ1) is 9.79. The maximum atomic E-state index is 5.92. The van der Waals surface area contributed by atoms with Crippen molar-refractivity contribution in [1.29, 1.82) is 0 Å². The maximum Gasteiger partial charge on any atom is 0.136 e. The lowest BCUT2D eigenvalue weighted by atomic mass is 9.96. The monoisotopic (exact) mass is 333 g/mol. The largest absolute Gasteiger partial charge is 0.489 e. The van der Waals surface area contributed by atoms with Crippen LogP contribution in [0.3, 0.4) is 0 Å². The molecule has 0 unspecified atom stereocenters. The van der Waals surface area contributed by atoms with Gasteiger partial charge in [0.2, 0.25) is 0 Å². The number of rotatable bonds is 3. The highest BCUT2D eigenvalue weighted by Gasteiger charge is 2.25. The number of ether oxygens (including phenoxy) is 1. The average Bonchev–Trinajstić information content (AvgIpc) is 3.19.